The van der Waals surface area contributed by atoms with Crippen LogP contribution in [0.15, 0.2) is 41.0 Å². The first kappa shape index (κ1) is 15.2. The Balaban J connectivity index is 2.19. The number of nitrogens with zero attached hydrogens (tertiary/aromatic N) is 1. The number of aromatic nitrogens is 1. The standard InChI is InChI=1S/C14H13BrClIN2/c1-18-14(7-11-4-3-10(15)8-19-11)9-2-5-13(17)12(16)6-9/h2-6,8,14,18H,7H2,1H3. The average molecular weight is 452 g/mol. The molecular weight excluding hydrogens is 438 g/mol. The van der Waals surface area contributed by atoms with Crippen molar-refractivity contribution in [3.05, 3.63) is 60.9 Å². The van der Waals surface area contributed by atoms with Gasteiger partial charge in [0.15, 0.2) is 0 Å². The SMILES string of the molecule is CNC(Cc1ccc(Br)cn1)c1ccc(I)c(Cl)c1. The van der Waals surface area contributed by atoms with Crippen molar-refractivity contribution in [2.45, 2.75) is 12.5 Å². The highest BCUT2D eigenvalue weighted by molar-refractivity contribution is 14.1. The van der Waals surface area contributed by atoms with Crippen molar-refractivity contribution in [2.24, 2.45) is 0 Å². The predicted octanol–water partition coefficient (Wildman–Crippen LogP) is 4.61. The summed E-state index contributed by atoms with van der Waals surface area (Å²) in [7, 11) is 1.95. The molecule has 2 rings (SSSR count). The van der Waals surface area contributed by atoms with E-state index in [2.05, 4.69) is 54.9 Å². The fraction of sp³-hybridized carbons (Fsp3) is 0.214. The molecule has 0 spiro atoms. The first-order chi connectivity index (χ1) is 9.10. The molecule has 0 aliphatic rings. The number of halogens is 3. The summed E-state index contributed by atoms with van der Waals surface area (Å²) < 4.78 is 2.06. The number of pyridine rings is 1. The maximum atomic E-state index is 6.18. The molecule has 0 amide bonds. The van der Waals surface area contributed by atoms with Crippen LogP contribution >= 0.6 is 50.1 Å². The molecule has 0 bridgehead atoms. The third-order valence-electron chi connectivity index (χ3n) is 2.90. The van der Waals surface area contributed by atoms with Crippen LogP contribution in [0, 0.1) is 3.57 Å². The normalized spacial score (nSPS) is 12.4. The quantitative estimate of drug-likeness (QED) is 0.687. The Morgan fingerprint density at radius 3 is 2.74 bits per heavy atom. The summed E-state index contributed by atoms with van der Waals surface area (Å²) in [5, 5.41) is 4.11. The Bertz CT molecular complexity index is 560. The molecule has 1 N–H and O–H groups in total. The van der Waals surface area contributed by atoms with Crippen molar-refractivity contribution < 1.29 is 0 Å². The summed E-state index contributed by atoms with van der Waals surface area (Å²) in [6.45, 7) is 0. The molecule has 1 aromatic carbocycles. The van der Waals surface area contributed by atoms with Crippen LogP contribution in [-0.4, -0.2) is 12.0 Å². The maximum absolute atomic E-state index is 6.18. The van der Waals surface area contributed by atoms with Gasteiger partial charge in [-0.2, -0.15) is 0 Å². The maximum Gasteiger partial charge on any atom is 0.0542 e. The number of benzene rings is 1. The van der Waals surface area contributed by atoms with Gasteiger partial charge >= 0.3 is 0 Å². The first-order valence-corrected chi connectivity index (χ1v) is 8.08. The topological polar surface area (TPSA) is 24.9 Å². The highest BCUT2D eigenvalue weighted by atomic mass is 127. The van der Waals surface area contributed by atoms with Gasteiger partial charge in [-0.15, -0.1) is 0 Å². The Morgan fingerprint density at radius 1 is 1.37 bits per heavy atom. The van der Waals surface area contributed by atoms with Crippen LogP contribution in [0.2, 0.25) is 5.02 Å². The van der Waals surface area contributed by atoms with Crippen LogP contribution in [0.4, 0.5) is 0 Å². The third-order valence-corrected chi connectivity index (χ3v) is 4.94. The monoisotopic (exact) mass is 450 g/mol. The van der Waals surface area contributed by atoms with Gasteiger partial charge in [0.2, 0.25) is 0 Å². The molecule has 1 atom stereocenters. The van der Waals surface area contributed by atoms with Crippen LogP contribution in [-0.2, 0) is 6.42 Å². The van der Waals surface area contributed by atoms with Gasteiger partial charge in [-0.05, 0) is 75.4 Å². The zero-order valence-electron chi connectivity index (χ0n) is 10.3. The van der Waals surface area contributed by atoms with E-state index in [1.165, 1.54) is 5.56 Å². The van der Waals surface area contributed by atoms with Crippen LogP contribution in [0.1, 0.15) is 17.3 Å². The smallest absolute Gasteiger partial charge is 0.0542 e. The van der Waals surface area contributed by atoms with Gasteiger partial charge in [-0.1, -0.05) is 17.7 Å². The zero-order valence-corrected chi connectivity index (χ0v) is 14.8. The number of hydrogen-bond acceptors (Lipinski definition) is 2. The van der Waals surface area contributed by atoms with Gasteiger partial charge in [0.25, 0.3) is 0 Å². The molecule has 1 heterocycles. The molecule has 1 aromatic heterocycles. The minimum absolute atomic E-state index is 0.211. The van der Waals surface area contributed by atoms with Crippen molar-refractivity contribution >= 4 is 50.1 Å². The lowest BCUT2D eigenvalue weighted by Crippen LogP contribution is -2.19. The Labute approximate surface area is 140 Å². The summed E-state index contributed by atoms with van der Waals surface area (Å²) in [5.41, 5.74) is 2.23. The second kappa shape index (κ2) is 7.02. The Morgan fingerprint density at radius 2 is 2.16 bits per heavy atom. The summed E-state index contributed by atoms with van der Waals surface area (Å²) in [6.07, 6.45) is 2.66. The van der Waals surface area contributed by atoms with E-state index in [1.807, 2.05) is 37.5 Å². The van der Waals surface area contributed by atoms with Crippen molar-refractivity contribution in [1.82, 2.24) is 10.3 Å². The van der Waals surface area contributed by atoms with E-state index in [4.69, 9.17) is 11.6 Å². The summed E-state index contributed by atoms with van der Waals surface area (Å²) in [5.74, 6) is 0. The van der Waals surface area contributed by atoms with Crippen molar-refractivity contribution in [3.8, 4) is 0 Å². The molecule has 2 aromatic rings. The van der Waals surface area contributed by atoms with E-state index in [-0.39, 0.29) is 6.04 Å². The zero-order chi connectivity index (χ0) is 13.8. The van der Waals surface area contributed by atoms with Crippen LogP contribution in [0.5, 0.6) is 0 Å². The van der Waals surface area contributed by atoms with Crippen LogP contribution in [0.3, 0.4) is 0 Å². The number of rotatable bonds is 4. The van der Waals surface area contributed by atoms with Crippen LogP contribution in [0.25, 0.3) is 0 Å². The van der Waals surface area contributed by atoms with E-state index < -0.39 is 0 Å². The van der Waals surface area contributed by atoms with Gasteiger partial charge < -0.3 is 5.32 Å². The van der Waals surface area contributed by atoms with Crippen molar-refractivity contribution in [1.29, 1.82) is 0 Å². The molecule has 100 valence electrons. The summed E-state index contributed by atoms with van der Waals surface area (Å²) >= 11 is 11.8. The third kappa shape index (κ3) is 4.15. The number of likely N-dealkylation sites (N-methyl/N-ethyl adjacent to an activating group) is 1. The first-order valence-electron chi connectivity index (χ1n) is 5.83. The fourth-order valence-electron chi connectivity index (χ4n) is 1.85. The highest BCUT2D eigenvalue weighted by Crippen LogP contribution is 2.25. The second-order valence-corrected chi connectivity index (χ2v) is 6.67. The van der Waals surface area contributed by atoms with E-state index in [0.717, 1.165) is 25.2 Å². The molecule has 0 aliphatic heterocycles. The predicted molar refractivity (Wildman–Crippen MR) is 91.6 cm³/mol. The summed E-state index contributed by atoms with van der Waals surface area (Å²) in [4.78, 5) is 4.41. The van der Waals surface area contributed by atoms with E-state index in [0.29, 0.717) is 0 Å². The second-order valence-electron chi connectivity index (χ2n) is 4.19. The van der Waals surface area contributed by atoms with E-state index >= 15 is 0 Å². The van der Waals surface area contributed by atoms with Gasteiger partial charge in [0.05, 0.1) is 5.02 Å². The lowest BCUT2D eigenvalue weighted by atomic mass is 10.0. The molecule has 2 nitrogen and oxygen atoms in total. The van der Waals surface area contributed by atoms with E-state index in [1.54, 1.807) is 0 Å². The molecule has 0 radical (unpaired) electrons. The molecule has 0 aliphatic carbocycles. The molecule has 1 unspecified atom stereocenters. The molecule has 0 saturated carbocycles. The fourth-order valence-corrected chi connectivity index (χ4v) is 2.61. The van der Waals surface area contributed by atoms with Crippen molar-refractivity contribution in [3.63, 3.8) is 0 Å². The molecule has 5 heteroatoms. The largest absolute Gasteiger partial charge is 0.313 e. The average Bonchev–Trinajstić information content (AvgIpc) is 2.41. The molecule has 19 heavy (non-hydrogen) atoms. The summed E-state index contributed by atoms with van der Waals surface area (Å²) in [6, 6.07) is 10.4. The minimum atomic E-state index is 0.211. The van der Waals surface area contributed by atoms with Gasteiger partial charge in [0, 0.05) is 32.4 Å². The van der Waals surface area contributed by atoms with Gasteiger partial charge in [-0.3, -0.25) is 4.98 Å². The number of hydrogen-bond donors (Lipinski definition) is 1. The lowest BCUT2D eigenvalue weighted by molar-refractivity contribution is 0.584. The lowest BCUT2D eigenvalue weighted by Gasteiger charge is -2.17. The highest BCUT2D eigenvalue weighted by Gasteiger charge is 2.12. The van der Waals surface area contributed by atoms with Gasteiger partial charge in [-0.25, -0.2) is 0 Å². The molecular formula is C14H13BrClIN2. The minimum Gasteiger partial charge on any atom is -0.313 e. The van der Waals surface area contributed by atoms with Crippen LogP contribution < -0.4 is 5.32 Å². The Kier molecular flexibility index (Phi) is 5.62. The molecule has 0 saturated heterocycles. The number of nitrogens with one attached hydrogen (secondary N) is 1. The Hall–Kier alpha value is -0.170. The van der Waals surface area contributed by atoms with E-state index in [9.17, 15) is 0 Å². The molecule has 0 fully saturated rings. The van der Waals surface area contributed by atoms with Gasteiger partial charge in [0.1, 0.15) is 0 Å². The van der Waals surface area contributed by atoms with Crippen molar-refractivity contribution in [2.75, 3.05) is 7.05 Å².